The molecule has 0 N–H and O–H groups in total. The second kappa shape index (κ2) is 7.77. The smallest absolute Gasteiger partial charge is 0.266 e. The molecule has 1 fully saturated rings. The van der Waals surface area contributed by atoms with Crippen LogP contribution in [0.1, 0.15) is 12.5 Å². The monoisotopic (exact) mass is 461 g/mol. The molecule has 1 aliphatic heterocycles. The largest absolute Gasteiger partial charge is 0.492 e. The number of thiocarbonyl (C=S) groups is 1. The summed E-state index contributed by atoms with van der Waals surface area (Å²) in [6.45, 7) is 6.58. The van der Waals surface area contributed by atoms with Gasteiger partial charge in [0.05, 0.1) is 20.5 Å². The van der Waals surface area contributed by atoms with E-state index in [0.717, 1.165) is 20.3 Å². The number of carbonyl (C=O) groups is 1. The molecule has 1 aromatic rings. The van der Waals surface area contributed by atoms with Crippen LogP contribution in [0.4, 0.5) is 0 Å². The van der Waals surface area contributed by atoms with Crippen molar-refractivity contribution in [3.63, 3.8) is 0 Å². The molecule has 7 heteroatoms. The van der Waals surface area contributed by atoms with E-state index in [0.29, 0.717) is 22.4 Å². The van der Waals surface area contributed by atoms with Gasteiger partial charge in [-0.3, -0.25) is 9.69 Å². The van der Waals surface area contributed by atoms with Gasteiger partial charge in [0.1, 0.15) is 10.1 Å². The number of rotatable bonds is 5. The van der Waals surface area contributed by atoms with Gasteiger partial charge in [-0.1, -0.05) is 30.1 Å². The SMILES string of the molecule is C=CCN1C(=O)/C(=C/c2cc(Br)c(OCC)c(Br)c2)SC1=S. The lowest BCUT2D eigenvalue weighted by atomic mass is 10.2. The highest BCUT2D eigenvalue weighted by molar-refractivity contribution is 9.11. The first-order valence-corrected chi connectivity index (χ1v) is 9.27. The lowest BCUT2D eigenvalue weighted by molar-refractivity contribution is -0.121. The highest BCUT2D eigenvalue weighted by Gasteiger charge is 2.31. The molecule has 116 valence electrons. The van der Waals surface area contributed by atoms with Gasteiger partial charge in [0.25, 0.3) is 5.91 Å². The molecule has 0 aliphatic carbocycles. The first-order chi connectivity index (χ1) is 10.5. The quantitative estimate of drug-likeness (QED) is 0.350. The molecule has 3 nitrogen and oxygen atoms in total. The highest BCUT2D eigenvalue weighted by Crippen LogP contribution is 2.37. The number of nitrogens with zero attached hydrogens (tertiary/aromatic N) is 1. The summed E-state index contributed by atoms with van der Waals surface area (Å²) < 4.78 is 7.77. The van der Waals surface area contributed by atoms with Crippen molar-refractivity contribution in [3.05, 3.63) is 44.2 Å². The van der Waals surface area contributed by atoms with Gasteiger partial charge in [-0.05, 0) is 62.6 Å². The van der Waals surface area contributed by atoms with Crippen molar-refractivity contribution in [2.24, 2.45) is 0 Å². The third-order valence-corrected chi connectivity index (χ3v) is 5.35. The Bertz CT molecular complexity index is 651. The van der Waals surface area contributed by atoms with E-state index in [1.54, 1.807) is 6.08 Å². The van der Waals surface area contributed by atoms with Crippen molar-refractivity contribution >= 4 is 72.1 Å². The van der Waals surface area contributed by atoms with Crippen LogP contribution in [0.5, 0.6) is 5.75 Å². The van der Waals surface area contributed by atoms with Crippen LogP contribution in [-0.4, -0.2) is 28.3 Å². The summed E-state index contributed by atoms with van der Waals surface area (Å²) in [7, 11) is 0. The third kappa shape index (κ3) is 3.82. The van der Waals surface area contributed by atoms with Crippen LogP contribution in [0.15, 0.2) is 38.6 Å². The summed E-state index contributed by atoms with van der Waals surface area (Å²) in [5.41, 5.74) is 0.890. The molecule has 0 aromatic heterocycles. The van der Waals surface area contributed by atoms with Crippen molar-refractivity contribution in [1.82, 2.24) is 4.90 Å². The van der Waals surface area contributed by atoms with Crippen molar-refractivity contribution in [2.45, 2.75) is 6.92 Å². The first-order valence-electron chi connectivity index (χ1n) is 6.46. The van der Waals surface area contributed by atoms with Crippen molar-refractivity contribution in [2.75, 3.05) is 13.2 Å². The fourth-order valence-corrected chi connectivity index (χ4v) is 4.61. The summed E-state index contributed by atoms with van der Waals surface area (Å²) in [5, 5.41) is 0. The van der Waals surface area contributed by atoms with E-state index in [9.17, 15) is 4.79 Å². The van der Waals surface area contributed by atoms with Crippen LogP contribution in [0.2, 0.25) is 0 Å². The fraction of sp³-hybridized carbons (Fsp3) is 0.200. The number of ether oxygens (including phenoxy) is 1. The predicted molar refractivity (Wildman–Crippen MR) is 103 cm³/mol. The summed E-state index contributed by atoms with van der Waals surface area (Å²) in [6, 6.07) is 3.83. The number of hydrogen-bond donors (Lipinski definition) is 0. The van der Waals surface area contributed by atoms with Crippen LogP contribution >= 0.6 is 55.8 Å². The highest BCUT2D eigenvalue weighted by atomic mass is 79.9. The zero-order chi connectivity index (χ0) is 16.3. The lowest BCUT2D eigenvalue weighted by Crippen LogP contribution is -2.27. The van der Waals surface area contributed by atoms with Gasteiger partial charge in [-0.15, -0.1) is 6.58 Å². The number of halogens is 2. The number of carbonyl (C=O) groups excluding carboxylic acids is 1. The zero-order valence-electron chi connectivity index (χ0n) is 11.8. The second-order valence-corrected chi connectivity index (χ2v) is 7.71. The van der Waals surface area contributed by atoms with E-state index < -0.39 is 0 Å². The maximum absolute atomic E-state index is 12.3. The minimum atomic E-state index is -0.0870. The van der Waals surface area contributed by atoms with Gasteiger partial charge in [-0.2, -0.15) is 0 Å². The average Bonchev–Trinajstić information content (AvgIpc) is 2.71. The molecule has 0 radical (unpaired) electrons. The molecule has 1 aromatic carbocycles. The van der Waals surface area contributed by atoms with Gasteiger partial charge in [-0.25, -0.2) is 0 Å². The van der Waals surface area contributed by atoms with Crippen LogP contribution in [0, 0.1) is 0 Å². The van der Waals surface area contributed by atoms with Crippen LogP contribution in [0.25, 0.3) is 6.08 Å². The molecule has 0 atom stereocenters. The lowest BCUT2D eigenvalue weighted by Gasteiger charge is -2.10. The molecule has 0 unspecified atom stereocenters. The Morgan fingerprint density at radius 3 is 2.59 bits per heavy atom. The van der Waals surface area contributed by atoms with Gasteiger partial charge in [0, 0.05) is 6.54 Å². The van der Waals surface area contributed by atoms with E-state index in [4.69, 9.17) is 17.0 Å². The molecule has 1 aliphatic rings. The molecule has 1 saturated heterocycles. The van der Waals surface area contributed by atoms with Gasteiger partial charge in [0.2, 0.25) is 0 Å². The maximum Gasteiger partial charge on any atom is 0.266 e. The molecule has 2 rings (SSSR count). The molecule has 1 heterocycles. The van der Waals surface area contributed by atoms with E-state index >= 15 is 0 Å². The number of benzene rings is 1. The standard InChI is InChI=1S/C15H13Br2NO2S2/c1-3-5-18-14(19)12(22-15(18)21)8-9-6-10(16)13(20-4-2)11(17)7-9/h3,6-8H,1,4-5H2,2H3/b12-8-. The van der Waals surface area contributed by atoms with E-state index in [1.807, 2.05) is 25.1 Å². The maximum atomic E-state index is 12.3. The Morgan fingerprint density at radius 2 is 2.05 bits per heavy atom. The minimum Gasteiger partial charge on any atom is -0.492 e. The van der Waals surface area contributed by atoms with Gasteiger partial charge >= 0.3 is 0 Å². The Hall–Kier alpha value is -0.630. The summed E-state index contributed by atoms with van der Waals surface area (Å²) in [5.74, 6) is 0.662. The molecule has 0 spiro atoms. The normalized spacial score (nSPS) is 16.5. The van der Waals surface area contributed by atoms with E-state index in [1.165, 1.54) is 16.7 Å². The Labute approximate surface area is 156 Å². The predicted octanol–water partition coefficient (Wildman–Crippen LogP) is 5.00. The average molecular weight is 463 g/mol. The van der Waals surface area contributed by atoms with Crippen molar-refractivity contribution < 1.29 is 9.53 Å². The van der Waals surface area contributed by atoms with E-state index in [-0.39, 0.29) is 5.91 Å². The topological polar surface area (TPSA) is 29.5 Å². The number of hydrogen-bond acceptors (Lipinski definition) is 4. The Morgan fingerprint density at radius 1 is 1.41 bits per heavy atom. The van der Waals surface area contributed by atoms with Crippen LogP contribution in [-0.2, 0) is 4.79 Å². The fourth-order valence-electron chi connectivity index (χ4n) is 1.88. The van der Waals surface area contributed by atoms with Crippen LogP contribution in [0.3, 0.4) is 0 Å². The molecule has 22 heavy (non-hydrogen) atoms. The number of thioether (sulfide) groups is 1. The Kier molecular flexibility index (Phi) is 6.26. The molecular weight excluding hydrogens is 450 g/mol. The summed E-state index contributed by atoms with van der Waals surface area (Å²) >= 11 is 13.5. The number of amides is 1. The molecule has 0 bridgehead atoms. The molecule has 1 amide bonds. The Balaban J connectivity index is 2.32. The summed E-state index contributed by atoms with van der Waals surface area (Å²) in [6.07, 6.45) is 3.49. The second-order valence-electron chi connectivity index (χ2n) is 4.33. The van der Waals surface area contributed by atoms with Gasteiger partial charge in [0.15, 0.2) is 0 Å². The molecular formula is C15H13Br2NO2S2. The third-order valence-electron chi connectivity index (χ3n) is 2.79. The minimum absolute atomic E-state index is 0.0870. The van der Waals surface area contributed by atoms with E-state index in [2.05, 4.69) is 38.4 Å². The van der Waals surface area contributed by atoms with Gasteiger partial charge < -0.3 is 4.74 Å². The summed E-state index contributed by atoms with van der Waals surface area (Å²) in [4.78, 5) is 14.4. The van der Waals surface area contributed by atoms with Crippen molar-refractivity contribution in [3.8, 4) is 5.75 Å². The molecule has 0 saturated carbocycles. The van der Waals surface area contributed by atoms with Crippen LogP contribution < -0.4 is 4.74 Å². The zero-order valence-corrected chi connectivity index (χ0v) is 16.6. The first kappa shape index (κ1) is 17.7. The van der Waals surface area contributed by atoms with Crippen molar-refractivity contribution in [1.29, 1.82) is 0 Å².